The number of ketones is 1. The van der Waals surface area contributed by atoms with Gasteiger partial charge in [0.25, 0.3) is 0 Å². The third-order valence-corrected chi connectivity index (χ3v) is 3.34. The second kappa shape index (κ2) is 6.09. The zero-order valence-electron chi connectivity index (χ0n) is 11.0. The molecular formula is C13H20N2O3. The van der Waals surface area contributed by atoms with Gasteiger partial charge in [0, 0.05) is 13.0 Å². The molecule has 0 bridgehead atoms. The van der Waals surface area contributed by atoms with Crippen molar-refractivity contribution < 1.29 is 14.1 Å². The normalized spacial score (nSPS) is 22.8. The Kier molecular flexibility index (Phi) is 4.47. The van der Waals surface area contributed by atoms with Crippen molar-refractivity contribution >= 4 is 5.78 Å². The first-order chi connectivity index (χ1) is 8.72. The number of aromatic nitrogens is 2. The van der Waals surface area contributed by atoms with Gasteiger partial charge in [0.15, 0.2) is 5.82 Å². The number of hydrogen-bond acceptors (Lipinski definition) is 5. The number of Topliss-reactive ketones (excluding diaryl/α,β-unsaturated/α-hetero) is 1. The van der Waals surface area contributed by atoms with Gasteiger partial charge < -0.3 is 9.26 Å². The molecule has 0 aromatic carbocycles. The lowest BCUT2D eigenvalue weighted by Crippen LogP contribution is -2.11. The van der Waals surface area contributed by atoms with Gasteiger partial charge in [-0.05, 0) is 26.7 Å². The summed E-state index contributed by atoms with van der Waals surface area (Å²) in [4.78, 5) is 16.3. The summed E-state index contributed by atoms with van der Waals surface area (Å²) in [5.41, 5.74) is 0. The Morgan fingerprint density at radius 2 is 2.28 bits per heavy atom. The Hall–Kier alpha value is -1.23. The summed E-state index contributed by atoms with van der Waals surface area (Å²) >= 11 is 0. The van der Waals surface area contributed by atoms with E-state index in [0.29, 0.717) is 24.7 Å². The predicted molar refractivity (Wildman–Crippen MR) is 65.2 cm³/mol. The molecule has 1 heterocycles. The number of nitrogens with zero attached hydrogens (tertiary/aromatic N) is 2. The first-order valence-electron chi connectivity index (χ1n) is 6.70. The van der Waals surface area contributed by atoms with Crippen molar-refractivity contribution in [2.45, 2.75) is 58.0 Å². The second-order valence-electron chi connectivity index (χ2n) is 4.71. The summed E-state index contributed by atoms with van der Waals surface area (Å²) < 4.78 is 10.6. The van der Waals surface area contributed by atoms with Crippen molar-refractivity contribution in [3.05, 3.63) is 11.7 Å². The van der Waals surface area contributed by atoms with E-state index in [2.05, 4.69) is 10.1 Å². The monoisotopic (exact) mass is 252 g/mol. The van der Waals surface area contributed by atoms with Crippen LogP contribution in [0, 0.1) is 0 Å². The van der Waals surface area contributed by atoms with Crippen LogP contribution in [0.15, 0.2) is 4.52 Å². The highest BCUT2D eigenvalue weighted by atomic mass is 16.5. The van der Waals surface area contributed by atoms with E-state index in [9.17, 15) is 4.79 Å². The Balaban J connectivity index is 2.10. The SMILES string of the molecule is CCOC(C)c1noc(C2CCCCCC2=O)n1. The largest absolute Gasteiger partial charge is 0.371 e. The molecule has 18 heavy (non-hydrogen) atoms. The van der Waals surface area contributed by atoms with E-state index >= 15 is 0 Å². The lowest BCUT2D eigenvalue weighted by Gasteiger charge is -2.07. The Bertz CT molecular complexity index is 403. The minimum atomic E-state index is -0.206. The number of hydrogen-bond donors (Lipinski definition) is 0. The van der Waals surface area contributed by atoms with Crippen molar-refractivity contribution in [1.82, 2.24) is 10.1 Å². The van der Waals surface area contributed by atoms with Crippen LogP contribution in [0.1, 0.15) is 69.7 Å². The van der Waals surface area contributed by atoms with Gasteiger partial charge in [-0.1, -0.05) is 18.0 Å². The van der Waals surface area contributed by atoms with Crippen LogP contribution in [0.4, 0.5) is 0 Å². The average Bonchev–Trinajstić information content (AvgIpc) is 2.74. The van der Waals surface area contributed by atoms with E-state index in [0.717, 1.165) is 25.7 Å². The lowest BCUT2D eigenvalue weighted by atomic mass is 9.99. The lowest BCUT2D eigenvalue weighted by molar-refractivity contribution is -0.120. The topological polar surface area (TPSA) is 65.2 Å². The molecule has 2 atom stereocenters. The highest BCUT2D eigenvalue weighted by Gasteiger charge is 2.28. The molecule has 1 aliphatic carbocycles. The number of ether oxygens (including phenoxy) is 1. The fourth-order valence-corrected chi connectivity index (χ4v) is 2.30. The Morgan fingerprint density at radius 3 is 3.06 bits per heavy atom. The zero-order chi connectivity index (χ0) is 13.0. The van der Waals surface area contributed by atoms with Crippen LogP contribution in [0.5, 0.6) is 0 Å². The molecule has 0 aliphatic heterocycles. The van der Waals surface area contributed by atoms with E-state index in [1.54, 1.807) is 0 Å². The molecule has 0 spiro atoms. The molecule has 1 aliphatic rings. The third-order valence-electron chi connectivity index (χ3n) is 3.34. The van der Waals surface area contributed by atoms with Gasteiger partial charge in [-0.2, -0.15) is 4.98 Å². The van der Waals surface area contributed by atoms with Crippen LogP contribution >= 0.6 is 0 Å². The smallest absolute Gasteiger partial charge is 0.237 e. The Morgan fingerprint density at radius 1 is 1.44 bits per heavy atom. The van der Waals surface area contributed by atoms with Crippen LogP contribution in [0.2, 0.25) is 0 Å². The summed E-state index contributed by atoms with van der Waals surface area (Å²) in [6.45, 7) is 4.41. The fraction of sp³-hybridized carbons (Fsp3) is 0.769. The van der Waals surface area contributed by atoms with Crippen LogP contribution in [-0.4, -0.2) is 22.5 Å². The van der Waals surface area contributed by atoms with E-state index < -0.39 is 0 Å². The van der Waals surface area contributed by atoms with E-state index in [4.69, 9.17) is 9.26 Å². The molecule has 2 unspecified atom stereocenters. The molecule has 1 aromatic heterocycles. The van der Waals surface area contributed by atoms with Crippen molar-refractivity contribution in [2.24, 2.45) is 0 Å². The molecule has 100 valence electrons. The zero-order valence-corrected chi connectivity index (χ0v) is 11.0. The van der Waals surface area contributed by atoms with Gasteiger partial charge in [-0.15, -0.1) is 0 Å². The fourth-order valence-electron chi connectivity index (χ4n) is 2.30. The molecule has 0 radical (unpaired) electrons. The minimum absolute atomic E-state index is 0.187. The molecule has 1 saturated carbocycles. The van der Waals surface area contributed by atoms with Gasteiger partial charge in [-0.3, -0.25) is 4.79 Å². The average molecular weight is 252 g/mol. The minimum Gasteiger partial charge on any atom is -0.371 e. The van der Waals surface area contributed by atoms with E-state index in [1.807, 2.05) is 13.8 Å². The summed E-state index contributed by atoms with van der Waals surface area (Å²) in [5.74, 6) is 1.02. The maximum atomic E-state index is 12.0. The van der Waals surface area contributed by atoms with Crippen molar-refractivity contribution in [3.63, 3.8) is 0 Å². The van der Waals surface area contributed by atoms with E-state index in [-0.39, 0.29) is 17.8 Å². The molecule has 0 saturated heterocycles. The first kappa shape index (κ1) is 13.2. The predicted octanol–water partition coefficient (Wildman–Crippen LogP) is 2.78. The van der Waals surface area contributed by atoms with Crippen molar-refractivity contribution in [3.8, 4) is 0 Å². The Labute approximate surface area is 107 Å². The quantitative estimate of drug-likeness (QED) is 0.771. The molecule has 5 heteroatoms. The van der Waals surface area contributed by atoms with Gasteiger partial charge in [-0.25, -0.2) is 0 Å². The van der Waals surface area contributed by atoms with E-state index in [1.165, 1.54) is 0 Å². The standard InChI is InChI=1S/C13H20N2O3/c1-3-17-9(2)12-14-13(18-15-12)10-7-5-4-6-8-11(10)16/h9-10H,3-8H2,1-2H3. The maximum absolute atomic E-state index is 12.0. The molecular weight excluding hydrogens is 232 g/mol. The molecule has 0 N–H and O–H groups in total. The van der Waals surface area contributed by atoms with Gasteiger partial charge in [0.1, 0.15) is 11.9 Å². The number of rotatable bonds is 4. The van der Waals surface area contributed by atoms with Crippen LogP contribution in [0.25, 0.3) is 0 Å². The summed E-state index contributed by atoms with van der Waals surface area (Å²) in [6, 6.07) is 0. The number of carbonyl (C=O) groups is 1. The summed E-state index contributed by atoms with van der Waals surface area (Å²) in [7, 11) is 0. The van der Waals surface area contributed by atoms with Gasteiger partial charge in [0.05, 0.1) is 5.92 Å². The first-order valence-corrected chi connectivity index (χ1v) is 6.70. The van der Waals surface area contributed by atoms with Crippen molar-refractivity contribution in [1.29, 1.82) is 0 Å². The molecule has 1 aromatic rings. The van der Waals surface area contributed by atoms with Gasteiger partial charge >= 0.3 is 0 Å². The molecule has 5 nitrogen and oxygen atoms in total. The van der Waals surface area contributed by atoms with Crippen LogP contribution in [0.3, 0.4) is 0 Å². The summed E-state index contributed by atoms with van der Waals surface area (Å²) in [5, 5.41) is 3.91. The molecule has 0 amide bonds. The van der Waals surface area contributed by atoms with Gasteiger partial charge in [0.2, 0.25) is 5.89 Å². The molecule has 2 rings (SSSR count). The number of carbonyl (C=O) groups excluding carboxylic acids is 1. The summed E-state index contributed by atoms with van der Waals surface area (Å²) in [6.07, 6.45) is 4.40. The van der Waals surface area contributed by atoms with Crippen molar-refractivity contribution in [2.75, 3.05) is 6.61 Å². The third kappa shape index (κ3) is 2.96. The van der Waals surface area contributed by atoms with Crippen LogP contribution < -0.4 is 0 Å². The maximum Gasteiger partial charge on any atom is 0.237 e. The second-order valence-corrected chi connectivity index (χ2v) is 4.71. The highest BCUT2D eigenvalue weighted by molar-refractivity contribution is 5.84. The highest BCUT2D eigenvalue weighted by Crippen LogP contribution is 2.28. The van der Waals surface area contributed by atoms with Crippen LogP contribution in [-0.2, 0) is 9.53 Å². The molecule has 1 fully saturated rings.